The number of rotatable bonds is 10. The Morgan fingerprint density at radius 3 is 2.43 bits per heavy atom. The molecule has 6 heteroatoms. The van der Waals surface area contributed by atoms with Gasteiger partial charge in [0, 0.05) is 18.1 Å². The normalized spacial score (nSPS) is 11.8. The third kappa shape index (κ3) is 7.06. The quantitative estimate of drug-likeness (QED) is 0.605. The van der Waals surface area contributed by atoms with E-state index in [1.807, 2.05) is 57.2 Å². The van der Waals surface area contributed by atoms with Crippen LogP contribution >= 0.6 is 11.6 Å². The van der Waals surface area contributed by atoms with Gasteiger partial charge in [-0.25, -0.2) is 0 Å². The smallest absolute Gasteiger partial charge is 0.242 e. The number of methoxy groups -OCH3 is 1. The maximum Gasteiger partial charge on any atom is 0.242 e. The predicted octanol–water partition coefficient (Wildman–Crippen LogP) is 4.47. The molecule has 0 aromatic heterocycles. The molecular formula is C24H31ClN2O3. The first-order chi connectivity index (χ1) is 14.3. The molecule has 30 heavy (non-hydrogen) atoms. The minimum Gasteiger partial charge on any atom is -0.497 e. The highest BCUT2D eigenvalue weighted by Crippen LogP contribution is 2.19. The second-order valence-electron chi connectivity index (χ2n) is 7.74. The van der Waals surface area contributed by atoms with Crippen molar-refractivity contribution in [1.82, 2.24) is 10.2 Å². The molecule has 0 heterocycles. The van der Waals surface area contributed by atoms with Crippen molar-refractivity contribution in [2.24, 2.45) is 5.92 Å². The van der Waals surface area contributed by atoms with E-state index in [2.05, 4.69) is 5.32 Å². The van der Waals surface area contributed by atoms with E-state index in [0.29, 0.717) is 36.2 Å². The number of carbonyl (C=O) groups excluding carboxylic acids is 2. The van der Waals surface area contributed by atoms with Crippen molar-refractivity contribution in [3.8, 4) is 5.75 Å². The van der Waals surface area contributed by atoms with Crippen LogP contribution in [0, 0.1) is 5.92 Å². The predicted molar refractivity (Wildman–Crippen MR) is 121 cm³/mol. The summed E-state index contributed by atoms with van der Waals surface area (Å²) in [5, 5.41) is 3.56. The molecule has 1 N–H and O–H groups in total. The Bertz CT molecular complexity index is 854. The first-order valence-corrected chi connectivity index (χ1v) is 10.7. The largest absolute Gasteiger partial charge is 0.497 e. The molecule has 0 fully saturated rings. The van der Waals surface area contributed by atoms with Gasteiger partial charge in [-0.15, -0.1) is 0 Å². The van der Waals surface area contributed by atoms with E-state index in [9.17, 15) is 9.59 Å². The molecule has 5 nitrogen and oxygen atoms in total. The number of amides is 2. The topological polar surface area (TPSA) is 58.6 Å². The van der Waals surface area contributed by atoms with Gasteiger partial charge in [0.05, 0.1) is 13.5 Å². The van der Waals surface area contributed by atoms with Gasteiger partial charge < -0.3 is 15.0 Å². The van der Waals surface area contributed by atoms with Crippen LogP contribution in [-0.4, -0.2) is 36.4 Å². The third-order valence-electron chi connectivity index (χ3n) is 4.80. The Morgan fingerprint density at radius 2 is 1.80 bits per heavy atom. The van der Waals surface area contributed by atoms with Gasteiger partial charge in [0.2, 0.25) is 11.8 Å². The zero-order valence-corrected chi connectivity index (χ0v) is 18.9. The van der Waals surface area contributed by atoms with Crippen LogP contribution in [0.4, 0.5) is 0 Å². The third-order valence-corrected chi connectivity index (χ3v) is 5.04. The second kappa shape index (κ2) is 11.6. The van der Waals surface area contributed by atoms with Crippen molar-refractivity contribution < 1.29 is 14.3 Å². The van der Waals surface area contributed by atoms with E-state index in [1.165, 1.54) is 0 Å². The summed E-state index contributed by atoms with van der Waals surface area (Å²) in [7, 11) is 1.61. The number of nitrogens with one attached hydrogen (secondary N) is 1. The Labute approximate surface area is 184 Å². The Morgan fingerprint density at radius 1 is 1.10 bits per heavy atom. The van der Waals surface area contributed by atoms with E-state index in [1.54, 1.807) is 24.1 Å². The van der Waals surface area contributed by atoms with Gasteiger partial charge in [0.25, 0.3) is 0 Å². The zero-order chi connectivity index (χ0) is 22.1. The molecule has 2 rings (SSSR count). The lowest BCUT2D eigenvalue weighted by Gasteiger charge is -2.31. The molecule has 0 aliphatic carbocycles. The molecule has 2 aromatic rings. The van der Waals surface area contributed by atoms with Crippen LogP contribution in [0.1, 0.15) is 38.3 Å². The van der Waals surface area contributed by atoms with E-state index in [-0.39, 0.29) is 18.2 Å². The Kier molecular flexibility index (Phi) is 9.18. The highest BCUT2D eigenvalue weighted by Gasteiger charge is 2.28. The van der Waals surface area contributed by atoms with Gasteiger partial charge in [-0.3, -0.25) is 9.59 Å². The monoisotopic (exact) mass is 430 g/mol. The van der Waals surface area contributed by atoms with Gasteiger partial charge in [-0.1, -0.05) is 56.6 Å². The second-order valence-corrected chi connectivity index (χ2v) is 8.18. The van der Waals surface area contributed by atoms with Crippen LogP contribution in [0.5, 0.6) is 5.75 Å². The maximum absolute atomic E-state index is 13.3. The zero-order valence-electron chi connectivity index (χ0n) is 18.2. The fourth-order valence-electron chi connectivity index (χ4n) is 3.23. The molecule has 162 valence electrons. The summed E-state index contributed by atoms with van der Waals surface area (Å²) >= 11 is 6.08. The summed E-state index contributed by atoms with van der Waals surface area (Å²) in [4.78, 5) is 27.8. The van der Waals surface area contributed by atoms with Crippen LogP contribution in [0.25, 0.3) is 0 Å². The average Bonchev–Trinajstić information content (AvgIpc) is 2.72. The van der Waals surface area contributed by atoms with E-state index < -0.39 is 6.04 Å². The molecular weight excluding hydrogens is 400 g/mol. The average molecular weight is 431 g/mol. The highest BCUT2D eigenvalue weighted by molar-refractivity contribution is 6.30. The van der Waals surface area contributed by atoms with Crippen molar-refractivity contribution in [3.05, 3.63) is 64.7 Å². The van der Waals surface area contributed by atoms with Gasteiger partial charge in [-0.2, -0.15) is 0 Å². The standard InChI is InChI=1S/C24H31ClN2O3/c1-5-22(24(29)26-15-17(2)3)27(16-19-9-7-11-21(13-19)30-4)23(28)14-18-8-6-10-20(25)12-18/h6-13,17,22H,5,14-16H2,1-4H3,(H,26,29). The molecule has 0 saturated heterocycles. The number of nitrogens with zero attached hydrogens (tertiary/aromatic N) is 1. The summed E-state index contributed by atoms with van der Waals surface area (Å²) < 4.78 is 5.31. The summed E-state index contributed by atoms with van der Waals surface area (Å²) in [5.41, 5.74) is 1.73. The molecule has 2 aromatic carbocycles. The van der Waals surface area contributed by atoms with Crippen LogP contribution < -0.4 is 10.1 Å². The first-order valence-electron chi connectivity index (χ1n) is 10.3. The highest BCUT2D eigenvalue weighted by atomic mass is 35.5. The lowest BCUT2D eigenvalue weighted by atomic mass is 10.1. The Hall–Kier alpha value is -2.53. The molecule has 0 saturated carbocycles. The molecule has 0 aliphatic rings. The summed E-state index contributed by atoms with van der Waals surface area (Å²) in [6.07, 6.45) is 0.702. The van der Waals surface area contributed by atoms with Crippen molar-refractivity contribution in [2.45, 2.75) is 46.2 Å². The van der Waals surface area contributed by atoms with Crippen molar-refractivity contribution in [3.63, 3.8) is 0 Å². The molecule has 0 radical (unpaired) electrons. The summed E-state index contributed by atoms with van der Waals surface area (Å²) in [5.74, 6) is 0.799. The molecule has 1 unspecified atom stereocenters. The number of carbonyl (C=O) groups is 2. The van der Waals surface area contributed by atoms with Gasteiger partial charge in [-0.05, 0) is 47.7 Å². The number of hydrogen-bond acceptors (Lipinski definition) is 3. The Balaban J connectivity index is 2.29. The number of benzene rings is 2. The summed E-state index contributed by atoms with van der Waals surface area (Å²) in [6, 6.07) is 14.3. The molecule has 0 bridgehead atoms. The lowest BCUT2D eigenvalue weighted by Crippen LogP contribution is -2.50. The van der Waals surface area contributed by atoms with Crippen LogP contribution in [-0.2, 0) is 22.6 Å². The molecule has 1 atom stereocenters. The van der Waals surface area contributed by atoms with Crippen molar-refractivity contribution in [1.29, 1.82) is 0 Å². The fraction of sp³-hybridized carbons (Fsp3) is 0.417. The van der Waals surface area contributed by atoms with Crippen molar-refractivity contribution >= 4 is 23.4 Å². The van der Waals surface area contributed by atoms with Crippen LogP contribution in [0.2, 0.25) is 5.02 Å². The van der Waals surface area contributed by atoms with Gasteiger partial charge in [0.1, 0.15) is 11.8 Å². The minimum absolute atomic E-state index is 0.119. The van der Waals surface area contributed by atoms with Crippen LogP contribution in [0.3, 0.4) is 0 Å². The van der Waals surface area contributed by atoms with Crippen LogP contribution in [0.15, 0.2) is 48.5 Å². The molecule has 2 amide bonds. The lowest BCUT2D eigenvalue weighted by molar-refractivity contribution is -0.141. The summed E-state index contributed by atoms with van der Waals surface area (Å²) in [6.45, 7) is 6.90. The SMILES string of the molecule is CCC(C(=O)NCC(C)C)N(Cc1cccc(OC)c1)C(=O)Cc1cccc(Cl)c1. The first kappa shape index (κ1) is 23.7. The maximum atomic E-state index is 13.3. The number of halogens is 1. The number of ether oxygens (including phenoxy) is 1. The van der Waals surface area contributed by atoms with E-state index in [0.717, 1.165) is 11.1 Å². The minimum atomic E-state index is -0.554. The van der Waals surface area contributed by atoms with Gasteiger partial charge in [0.15, 0.2) is 0 Å². The number of hydrogen-bond donors (Lipinski definition) is 1. The fourth-order valence-corrected chi connectivity index (χ4v) is 3.45. The van der Waals surface area contributed by atoms with E-state index in [4.69, 9.17) is 16.3 Å². The molecule has 0 aliphatic heterocycles. The molecule has 0 spiro atoms. The van der Waals surface area contributed by atoms with E-state index >= 15 is 0 Å². The van der Waals surface area contributed by atoms with Crippen molar-refractivity contribution in [2.75, 3.05) is 13.7 Å². The van der Waals surface area contributed by atoms with Gasteiger partial charge >= 0.3 is 0 Å².